The van der Waals surface area contributed by atoms with Gasteiger partial charge in [-0.15, -0.1) is 0 Å². The van der Waals surface area contributed by atoms with Crippen LogP contribution in [0.15, 0.2) is 90.1 Å². The number of benzene rings is 3. The molecule has 0 radical (unpaired) electrons. The Bertz CT molecular complexity index is 1150. The van der Waals surface area contributed by atoms with Crippen molar-refractivity contribution in [1.82, 2.24) is 14.7 Å². The molecule has 36 heavy (non-hydrogen) atoms. The maximum Gasteiger partial charge on any atom is 0.261 e. The molecule has 5 rings (SSSR count). The van der Waals surface area contributed by atoms with Crippen LogP contribution in [0.4, 0.5) is 0 Å². The Balaban J connectivity index is 1.37. The minimum atomic E-state index is -0.949. The summed E-state index contributed by atoms with van der Waals surface area (Å²) in [6.07, 6.45) is 0.318. The SMILES string of the molecule is O=NC1(CCN2C(=O)c3ccccc3C2=O)CN(Cc2ccccc2)CCN(Cc2ccccc2)C1. The van der Waals surface area contributed by atoms with Crippen LogP contribution in [0, 0.1) is 4.91 Å². The van der Waals surface area contributed by atoms with E-state index in [2.05, 4.69) is 39.2 Å². The summed E-state index contributed by atoms with van der Waals surface area (Å²) >= 11 is 0. The Morgan fingerprint density at radius 1 is 0.667 bits per heavy atom. The summed E-state index contributed by atoms with van der Waals surface area (Å²) in [5.74, 6) is -0.597. The molecule has 1 saturated heterocycles. The van der Waals surface area contributed by atoms with E-state index in [1.165, 1.54) is 16.0 Å². The van der Waals surface area contributed by atoms with Crippen molar-refractivity contribution in [2.45, 2.75) is 25.0 Å². The fourth-order valence-electron chi connectivity index (χ4n) is 5.30. The van der Waals surface area contributed by atoms with Crippen molar-refractivity contribution in [3.05, 3.63) is 112 Å². The van der Waals surface area contributed by atoms with Crippen molar-refractivity contribution in [1.29, 1.82) is 0 Å². The molecule has 0 bridgehead atoms. The highest BCUT2D eigenvalue weighted by Gasteiger charge is 2.42. The second-order valence-electron chi connectivity index (χ2n) is 9.77. The number of fused-ring (bicyclic) bond motifs is 1. The van der Waals surface area contributed by atoms with Crippen LogP contribution in [-0.4, -0.2) is 64.8 Å². The lowest BCUT2D eigenvalue weighted by molar-refractivity contribution is 0.0634. The third-order valence-electron chi connectivity index (χ3n) is 7.14. The topological polar surface area (TPSA) is 73.3 Å². The maximum absolute atomic E-state index is 12.9. The fraction of sp³-hybridized carbons (Fsp3) is 0.310. The molecular weight excluding hydrogens is 452 g/mol. The Labute approximate surface area is 211 Å². The highest BCUT2D eigenvalue weighted by atomic mass is 16.3. The van der Waals surface area contributed by atoms with Gasteiger partial charge in [0.15, 0.2) is 0 Å². The standard InChI is InChI=1S/C29H30N4O3/c34-27-25-13-7-8-14-26(25)28(35)33(27)16-15-29(30-36)21-31(19-23-9-3-1-4-10-23)17-18-32(22-29)20-24-11-5-2-6-12-24/h1-14H,15-22H2. The molecule has 3 aromatic carbocycles. The Morgan fingerprint density at radius 2 is 1.11 bits per heavy atom. The lowest BCUT2D eigenvalue weighted by Gasteiger charge is -2.33. The van der Waals surface area contributed by atoms with Crippen LogP contribution in [0.1, 0.15) is 38.3 Å². The lowest BCUT2D eigenvalue weighted by Crippen LogP contribution is -2.47. The summed E-state index contributed by atoms with van der Waals surface area (Å²) in [6.45, 7) is 4.13. The molecule has 0 saturated carbocycles. The van der Waals surface area contributed by atoms with Crippen LogP contribution < -0.4 is 0 Å². The Kier molecular flexibility index (Phi) is 7.02. The number of amides is 2. The van der Waals surface area contributed by atoms with Crippen molar-refractivity contribution in [3.63, 3.8) is 0 Å². The number of rotatable bonds is 8. The average Bonchev–Trinajstić information content (AvgIpc) is 3.04. The van der Waals surface area contributed by atoms with Crippen LogP contribution in [0.5, 0.6) is 0 Å². The molecular formula is C29H30N4O3. The molecule has 0 spiro atoms. The molecule has 2 amide bonds. The zero-order chi connectivity index (χ0) is 25.0. The van der Waals surface area contributed by atoms with Crippen LogP contribution in [0.25, 0.3) is 0 Å². The van der Waals surface area contributed by atoms with Crippen molar-refractivity contribution in [2.24, 2.45) is 5.18 Å². The minimum absolute atomic E-state index is 0.163. The van der Waals surface area contributed by atoms with Gasteiger partial charge in [0.25, 0.3) is 11.8 Å². The smallest absolute Gasteiger partial charge is 0.261 e. The molecule has 0 aromatic heterocycles. The summed E-state index contributed by atoms with van der Waals surface area (Å²) in [7, 11) is 0. The zero-order valence-electron chi connectivity index (χ0n) is 20.3. The van der Waals surface area contributed by atoms with Crippen LogP contribution in [0.2, 0.25) is 0 Å². The first-order chi connectivity index (χ1) is 17.6. The Hall–Kier alpha value is -3.68. The second-order valence-corrected chi connectivity index (χ2v) is 9.77. The predicted octanol–water partition coefficient (Wildman–Crippen LogP) is 4.20. The Morgan fingerprint density at radius 3 is 1.56 bits per heavy atom. The summed E-state index contributed by atoms with van der Waals surface area (Å²) in [6, 6.07) is 27.3. The molecule has 0 unspecified atom stereocenters. The minimum Gasteiger partial charge on any atom is -0.295 e. The van der Waals surface area contributed by atoms with E-state index in [4.69, 9.17) is 0 Å². The first kappa shape index (κ1) is 24.0. The number of carbonyl (C=O) groups excluding carboxylic acids is 2. The van der Waals surface area contributed by atoms with Gasteiger partial charge in [-0.1, -0.05) is 78.0 Å². The highest BCUT2D eigenvalue weighted by molar-refractivity contribution is 6.21. The quantitative estimate of drug-likeness (QED) is 0.356. The molecule has 7 heteroatoms. The normalized spacial score (nSPS) is 18.2. The van der Waals surface area contributed by atoms with Crippen molar-refractivity contribution in [3.8, 4) is 0 Å². The first-order valence-electron chi connectivity index (χ1n) is 12.4. The molecule has 0 aliphatic carbocycles. The van der Waals surface area contributed by atoms with Gasteiger partial charge in [0.2, 0.25) is 0 Å². The number of nitrogens with zero attached hydrogens (tertiary/aromatic N) is 4. The number of hydrogen-bond donors (Lipinski definition) is 0. The lowest BCUT2D eigenvalue weighted by atomic mass is 9.94. The van der Waals surface area contributed by atoms with E-state index in [0.717, 1.165) is 13.1 Å². The third kappa shape index (κ3) is 5.12. The van der Waals surface area contributed by atoms with Gasteiger partial charge in [-0.2, -0.15) is 4.91 Å². The number of imide groups is 1. The molecule has 184 valence electrons. The highest BCUT2D eigenvalue weighted by Crippen LogP contribution is 2.28. The average molecular weight is 483 g/mol. The van der Waals surface area contributed by atoms with Crippen LogP contribution in [0.3, 0.4) is 0 Å². The second kappa shape index (κ2) is 10.5. The van der Waals surface area contributed by atoms with E-state index in [0.29, 0.717) is 43.7 Å². The van der Waals surface area contributed by atoms with E-state index in [9.17, 15) is 14.5 Å². The summed E-state index contributed by atoms with van der Waals surface area (Å²) < 4.78 is 0. The monoisotopic (exact) mass is 482 g/mol. The molecule has 0 N–H and O–H groups in total. The maximum atomic E-state index is 12.9. The fourth-order valence-corrected chi connectivity index (χ4v) is 5.30. The molecule has 2 aliphatic heterocycles. The summed E-state index contributed by atoms with van der Waals surface area (Å²) in [5, 5.41) is 3.70. The molecule has 7 nitrogen and oxygen atoms in total. The summed E-state index contributed by atoms with van der Waals surface area (Å²) in [4.78, 5) is 44.2. The van der Waals surface area contributed by atoms with Gasteiger partial charge in [0.05, 0.1) is 11.1 Å². The molecule has 2 aliphatic rings. The number of hydrogen-bond acceptors (Lipinski definition) is 6. The van der Waals surface area contributed by atoms with E-state index in [-0.39, 0.29) is 18.4 Å². The van der Waals surface area contributed by atoms with Crippen LogP contribution >= 0.6 is 0 Å². The number of carbonyl (C=O) groups is 2. The van der Waals surface area contributed by atoms with E-state index in [1.807, 2.05) is 36.4 Å². The summed E-state index contributed by atoms with van der Waals surface area (Å²) in [5.41, 5.74) is 2.25. The van der Waals surface area contributed by atoms with E-state index in [1.54, 1.807) is 24.3 Å². The van der Waals surface area contributed by atoms with Gasteiger partial charge in [0.1, 0.15) is 5.54 Å². The van der Waals surface area contributed by atoms with Gasteiger partial charge in [0, 0.05) is 45.8 Å². The predicted molar refractivity (Wildman–Crippen MR) is 138 cm³/mol. The van der Waals surface area contributed by atoms with Gasteiger partial charge < -0.3 is 0 Å². The van der Waals surface area contributed by atoms with Gasteiger partial charge in [-0.25, -0.2) is 0 Å². The third-order valence-corrected chi connectivity index (χ3v) is 7.14. The van der Waals surface area contributed by atoms with Gasteiger partial charge in [-0.05, 0) is 29.7 Å². The zero-order valence-corrected chi connectivity index (χ0v) is 20.3. The van der Waals surface area contributed by atoms with E-state index >= 15 is 0 Å². The molecule has 0 atom stereocenters. The van der Waals surface area contributed by atoms with Crippen molar-refractivity contribution >= 4 is 11.8 Å². The molecule has 1 fully saturated rings. The van der Waals surface area contributed by atoms with Crippen molar-refractivity contribution < 1.29 is 9.59 Å². The van der Waals surface area contributed by atoms with E-state index < -0.39 is 5.54 Å². The molecule has 2 heterocycles. The number of nitroso groups, excluding NO2 is 1. The van der Waals surface area contributed by atoms with Crippen LogP contribution in [-0.2, 0) is 13.1 Å². The largest absolute Gasteiger partial charge is 0.295 e. The van der Waals surface area contributed by atoms with Crippen molar-refractivity contribution in [2.75, 3.05) is 32.7 Å². The van der Waals surface area contributed by atoms with Gasteiger partial charge >= 0.3 is 0 Å². The first-order valence-corrected chi connectivity index (χ1v) is 12.4. The van der Waals surface area contributed by atoms with Gasteiger partial charge in [-0.3, -0.25) is 24.3 Å². The molecule has 3 aromatic rings.